The van der Waals surface area contributed by atoms with Gasteiger partial charge in [0.25, 0.3) is 0 Å². The molecule has 0 aliphatic heterocycles. The Labute approximate surface area is 730 Å². The average molecular weight is 1700 g/mol. The fourth-order valence-corrected chi connectivity index (χ4v) is 14.2. The van der Waals surface area contributed by atoms with E-state index in [9.17, 15) is 22.7 Å². The number of halogens is 4. The molecule has 0 unspecified atom stereocenters. The van der Waals surface area contributed by atoms with Gasteiger partial charge in [0.2, 0.25) is 23.8 Å². The van der Waals surface area contributed by atoms with Crippen LogP contribution in [-0.4, -0.2) is 203 Å². The predicted octanol–water partition coefficient (Wildman–Crippen LogP) is 17.2. The first kappa shape index (κ1) is 88.9. The van der Waals surface area contributed by atoms with Crippen molar-refractivity contribution in [1.29, 1.82) is 0 Å². The summed E-state index contributed by atoms with van der Waals surface area (Å²) < 4.78 is 67.4. The van der Waals surface area contributed by atoms with E-state index in [4.69, 9.17) is 39.6 Å². The number of aromatic nitrogens is 16. The summed E-state index contributed by atoms with van der Waals surface area (Å²) in [7, 11) is 17.9. The SMILES string of the molecule is CC(C)[C@H](C)Nc1nccc(-c2c(-c3ccc(F)cc3)nc3cc(CN(C)C)ccn23)n1.CN(C)Cc1ccn2c(-c3ccnc(NCC(C)(C)O)n3)c(-c3ccc(F)cc3)nc2c1.CN(C)Cc1ccn2c(-c3ccnc(NCC4CC4)n3)c(-c3ccc(F)cc3)nc2c1.COCCNc1nccc(-c2c(-c3ccc(F)cc3)nc3cc(CN(C)C)ccn23)n1. The van der Waals surface area contributed by atoms with E-state index in [0.29, 0.717) is 60.8 Å². The lowest BCUT2D eigenvalue weighted by Gasteiger charge is -2.17. The fraction of sp³-hybridized carbons (Fsp3) is 0.292. The molecule has 0 radical (unpaired) electrons. The summed E-state index contributed by atoms with van der Waals surface area (Å²) in [4.78, 5) is 64.3. The molecule has 26 nitrogen and oxygen atoms in total. The zero-order valence-corrected chi connectivity index (χ0v) is 73.4. The van der Waals surface area contributed by atoms with Crippen molar-refractivity contribution in [3.8, 4) is 90.6 Å². The molecule has 0 amide bonds. The number of nitrogens with one attached hydrogen (secondary N) is 4. The topological polar surface area (TPSA) is 263 Å². The van der Waals surface area contributed by atoms with Gasteiger partial charge in [-0.25, -0.2) is 77.4 Å². The maximum atomic E-state index is 13.6. The van der Waals surface area contributed by atoms with E-state index in [0.717, 1.165) is 152 Å². The van der Waals surface area contributed by atoms with Gasteiger partial charge in [0.1, 0.15) is 45.9 Å². The van der Waals surface area contributed by atoms with Gasteiger partial charge in [0.05, 0.1) is 80.5 Å². The smallest absolute Gasteiger partial charge is 0.223 e. The van der Waals surface area contributed by atoms with E-state index in [1.807, 2.05) is 129 Å². The third kappa shape index (κ3) is 22.8. The second-order valence-electron chi connectivity index (χ2n) is 33.4. The van der Waals surface area contributed by atoms with Crippen LogP contribution in [0.2, 0.25) is 0 Å². The highest BCUT2D eigenvalue weighted by Gasteiger charge is 2.26. The molecule has 0 spiro atoms. The molecule has 5 N–H and O–H groups in total. The van der Waals surface area contributed by atoms with Crippen molar-refractivity contribution in [2.24, 2.45) is 11.8 Å². The minimum absolute atomic E-state index is 0.234. The molecule has 17 rings (SSSR count). The lowest BCUT2D eigenvalue weighted by molar-refractivity contribution is 0.0943. The number of pyridine rings is 4. The van der Waals surface area contributed by atoms with E-state index in [2.05, 4.69) is 129 Å². The van der Waals surface area contributed by atoms with Crippen molar-refractivity contribution in [3.63, 3.8) is 0 Å². The lowest BCUT2D eigenvalue weighted by atomic mass is 10.1. The molecule has 0 saturated heterocycles. The number of hydrogen-bond donors (Lipinski definition) is 5. The number of hydrogen-bond acceptors (Lipinski definition) is 22. The van der Waals surface area contributed by atoms with Gasteiger partial charge >= 0.3 is 0 Å². The zero-order chi connectivity index (χ0) is 88.9. The first-order valence-corrected chi connectivity index (χ1v) is 41.8. The summed E-state index contributed by atoms with van der Waals surface area (Å²) in [5.41, 5.74) is 19.5. The molecule has 1 saturated carbocycles. The Morgan fingerprint density at radius 2 is 0.683 bits per heavy atom. The van der Waals surface area contributed by atoms with Gasteiger partial charge in [-0.2, -0.15) is 0 Å². The number of fused-ring (bicyclic) bond motifs is 4. The van der Waals surface area contributed by atoms with E-state index < -0.39 is 5.60 Å². The number of imidazole rings is 4. The summed E-state index contributed by atoms with van der Waals surface area (Å²) in [5.74, 6) is 2.17. The van der Waals surface area contributed by atoms with Crippen LogP contribution in [0.3, 0.4) is 0 Å². The van der Waals surface area contributed by atoms with Gasteiger partial charge in [0, 0.05) is 131 Å². The van der Waals surface area contributed by atoms with Crippen LogP contribution in [0.1, 0.15) is 69.7 Å². The predicted molar refractivity (Wildman–Crippen MR) is 490 cm³/mol. The number of aliphatic hydroxyl groups is 1. The van der Waals surface area contributed by atoms with E-state index in [1.165, 1.54) is 72.5 Å². The van der Waals surface area contributed by atoms with Crippen molar-refractivity contribution in [2.45, 2.75) is 85.3 Å². The molecule has 650 valence electrons. The largest absolute Gasteiger partial charge is 0.389 e. The molecule has 12 aromatic heterocycles. The van der Waals surface area contributed by atoms with Crippen LogP contribution in [0, 0.1) is 35.1 Å². The van der Waals surface area contributed by atoms with Gasteiger partial charge in [-0.3, -0.25) is 17.6 Å². The molecule has 12 heterocycles. The van der Waals surface area contributed by atoms with Crippen LogP contribution in [0.5, 0.6) is 0 Å². The van der Waals surface area contributed by atoms with Gasteiger partial charge < -0.3 is 50.7 Å². The third-order valence-corrected chi connectivity index (χ3v) is 20.7. The van der Waals surface area contributed by atoms with Gasteiger partial charge in [-0.15, -0.1) is 0 Å². The van der Waals surface area contributed by atoms with Crippen molar-refractivity contribution in [1.82, 2.24) is 97.0 Å². The molecule has 16 aromatic rings. The van der Waals surface area contributed by atoms with Crippen LogP contribution >= 0.6 is 0 Å². The number of nitrogens with zero attached hydrogens (tertiary/aromatic N) is 20. The Morgan fingerprint density at radius 1 is 0.397 bits per heavy atom. The Balaban J connectivity index is 0.000000136. The maximum Gasteiger partial charge on any atom is 0.223 e. The number of methoxy groups -OCH3 is 1. The first-order chi connectivity index (χ1) is 60.6. The van der Waals surface area contributed by atoms with E-state index in [1.54, 1.807) is 94.3 Å². The molecule has 126 heavy (non-hydrogen) atoms. The third-order valence-electron chi connectivity index (χ3n) is 20.7. The molecule has 1 aliphatic carbocycles. The minimum Gasteiger partial charge on any atom is -0.389 e. The lowest BCUT2D eigenvalue weighted by Crippen LogP contribution is -2.29. The second-order valence-corrected chi connectivity index (χ2v) is 33.4. The maximum absolute atomic E-state index is 13.6. The highest BCUT2D eigenvalue weighted by Crippen LogP contribution is 2.39. The van der Waals surface area contributed by atoms with Gasteiger partial charge in [-0.1, -0.05) is 13.8 Å². The summed E-state index contributed by atoms with van der Waals surface area (Å²) >= 11 is 0. The van der Waals surface area contributed by atoms with Crippen LogP contribution in [0.4, 0.5) is 41.4 Å². The normalized spacial score (nSPS) is 12.4. The molecule has 1 aliphatic rings. The quantitative estimate of drug-likeness (QED) is 0.0215. The van der Waals surface area contributed by atoms with Crippen LogP contribution in [0.25, 0.3) is 113 Å². The standard InChI is InChI=1S/C25H29FN6.C24H27FN6O.C24H25FN6.C23H25FN6O/c1-16(2)17(3)28-25-27-12-10-21(29-25)24-23(19-6-8-20(26)9-7-19)30-22-14-18(15-31(4)5)11-13-32(22)24;1-24(2,32)15-27-23-26-11-9-19(28-23)22-21(17-5-7-18(25)8-6-17)29-20-13-16(14-30(3)4)10-12-31(20)22;1-30(2)15-17-10-12-31-21(13-17)29-22(18-5-7-19(25)8-6-18)23(31)20-9-11-26-24(28-20)27-14-16-3-4-16;1-29(2)15-16-9-12-30-20(14-16)28-21(17-4-6-18(24)7-5-17)22(30)19-8-10-25-23(27-19)26-11-13-31-3/h6-14,16-17H,15H2,1-5H3,(H,27,28,29);5-13,32H,14-15H2,1-4H3,(H,26,27,28);5-13,16H,3-4,14-15H2,1-2H3,(H,26,27,28);4-10,12,14H,11,13,15H2,1-3H3,(H,25,26,27)/t17-;;;/m0.../s1. The molecule has 1 fully saturated rings. The zero-order valence-electron chi connectivity index (χ0n) is 73.4. The molecule has 1 atom stereocenters. The average Bonchev–Trinajstić information content (AvgIpc) is 1.63. The number of rotatable bonds is 29. The van der Waals surface area contributed by atoms with Crippen LogP contribution in [-0.2, 0) is 30.9 Å². The molecule has 0 bridgehead atoms. The Kier molecular flexibility index (Phi) is 28.3. The second kappa shape index (κ2) is 40.1. The van der Waals surface area contributed by atoms with Gasteiger partial charge in [-0.05, 0) is 294 Å². The fourth-order valence-electron chi connectivity index (χ4n) is 14.2. The minimum atomic E-state index is -0.898. The van der Waals surface area contributed by atoms with Crippen molar-refractivity contribution in [3.05, 3.63) is 265 Å². The van der Waals surface area contributed by atoms with Crippen molar-refractivity contribution >= 4 is 46.4 Å². The van der Waals surface area contributed by atoms with E-state index >= 15 is 0 Å². The molecular formula is C96H106F4N24O2. The number of benzene rings is 4. The first-order valence-electron chi connectivity index (χ1n) is 41.8. The molecule has 30 heteroatoms. The van der Waals surface area contributed by atoms with Crippen LogP contribution < -0.4 is 21.3 Å². The number of anilines is 4. The Hall–Kier alpha value is -13.4. The molecule has 4 aromatic carbocycles. The molecular weight excluding hydrogens is 1600 g/mol. The Bertz CT molecular complexity index is 6360. The monoisotopic (exact) mass is 1700 g/mol. The highest BCUT2D eigenvalue weighted by molar-refractivity contribution is 5.85. The summed E-state index contributed by atoms with van der Waals surface area (Å²) in [6.45, 7) is 15.5. The van der Waals surface area contributed by atoms with Crippen molar-refractivity contribution in [2.75, 3.05) is 111 Å². The van der Waals surface area contributed by atoms with Crippen molar-refractivity contribution < 1.29 is 27.4 Å². The van der Waals surface area contributed by atoms with E-state index in [-0.39, 0.29) is 29.3 Å². The highest BCUT2D eigenvalue weighted by atomic mass is 19.1. The number of ether oxygens (including phenoxy) is 1. The van der Waals surface area contributed by atoms with Crippen LogP contribution in [0.15, 0.2) is 219 Å². The van der Waals surface area contributed by atoms with Gasteiger partial charge in [0.15, 0.2) is 0 Å². The summed E-state index contributed by atoms with van der Waals surface area (Å²) in [5, 5.41) is 23.0. The summed E-state index contributed by atoms with van der Waals surface area (Å²) in [6.07, 6.45) is 17.5. The Morgan fingerprint density at radius 3 is 0.960 bits per heavy atom. The summed E-state index contributed by atoms with van der Waals surface area (Å²) in [6, 6.07) is 49.8.